The van der Waals surface area contributed by atoms with E-state index in [1.54, 1.807) is 0 Å². The summed E-state index contributed by atoms with van der Waals surface area (Å²) in [5.41, 5.74) is 4.33. The molecule has 1 saturated heterocycles. The van der Waals surface area contributed by atoms with Crippen LogP contribution < -0.4 is 11.1 Å². The summed E-state index contributed by atoms with van der Waals surface area (Å²) in [4.78, 5) is 7.45. The number of nitrogen functional groups attached to an aromatic ring is 1. The van der Waals surface area contributed by atoms with Crippen molar-refractivity contribution in [3.63, 3.8) is 0 Å². The van der Waals surface area contributed by atoms with Crippen LogP contribution in [0, 0.1) is 5.92 Å². The molecule has 2 rings (SSSR count). The van der Waals surface area contributed by atoms with Crippen molar-refractivity contribution >= 4 is 5.82 Å². The summed E-state index contributed by atoms with van der Waals surface area (Å²) in [6, 6.07) is 0. The van der Waals surface area contributed by atoms with E-state index < -0.39 is 17.6 Å². The molecule has 0 spiro atoms. The molecule has 17 heavy (non-hydrogen) atoms. The van der Waals surface area contributed by atoms with Crippen molar-refractivity contribution in [2.45, 2.75) is 19.0 Å². The van der Waals surface area contributed by atoms with Gasteiger partial charge < -0.3 is 11.1 Å². The second kappa shape index (κ2) is 4.48. The van der Waals surface area contributed by atoms with Gasteiger partial charge in [-0.1, -0.05) is 0 Å². The minimum atomic E-state index is -4.49. The molecule has 1 aliphatic heterocycles. The highest BCUT2D eigenvalue weighted by Gasteiger charge is 2.34. The highest BCUT2D eigenvalue weighted by atomic mass is 19.4. The zero-order chi connectivity index (χ0) is 12.5. The van der Waals surface area contributed by atoms with Crippen LogP contribution in [0.5, 0.6) is 0 Å². The van der Waals surface area contributed by atoms with Gasteiger partial charge in [-0.25, -0.2) is 9.97 Å². The van der Waals surface area contributed by atoms with E-state index in [0.29, 0.717) is 18.2 Å². The van der Waals surface area contributed by atoms with E-state index in [1.807, 2.05) is 0 Å². The predicted octanol–water partition coefficient (Wildman–Crippen LogP) is 1.23. The molecule has 3 N–H and O–H groups in total. The third-order valence-electron chi connectivity index (χ3n) is 2.81. The van der Waals surface area contributed by atoms with Crippen molar-refractivity contribution in [2.24, 2.45) is 5.92 Å². The zero-order valence-corrected chi connectivity index (χ0v) is 9.09. The van der Waals surface area contributed by atoms with Crippen LogP contribution in [0.15, 0.2) is 6.20 Å². The van der Waals surface area contributed by atoms with E-state index >= 15 is 0 Å². The molecule has 0 radical (unpaired) electrons. The van der Waals surface area contributed by atoms with Crippen LogP contribution in [0.3, 0.4) is 0 Å². The average molecular weight is 246 g/mol. The maximum absolute atomic E-state index is 12.4. The first-order chi connectivity index (χ1) is 7.97. The van der Waals surface area contributed by atoms with Gasteiger partial charge in [-0.05, 0) is 25.4 Å². The van der Waals surface area contributed by atoms with E-state index in [2.05, 4.69) is 15.3 Å². The van der Waals surface area contributed by atoms with E-state index in [-0.39, 0.29) is 0 Å². The highest BCUT2D eigenvalue weighted by Crippen LogP contribution is 2.32. The Balaban J connectivity index is 2.13. The lowest BCUT2D eigenvalue weighted by atomic mass is 10.0. The SMILES string of the molecule is Nc1nc(C[C@@H]2CCNC2)ncc1C(F)(F)F. The number of nitrogens with one attached hydrogen (secondary N) is 1. The van der Waals surface area contributed by atoms with Gasteiger partial charge in [0, 0.05) is 12.6 Å². The Morgan fingerprint density at radius 2 is 2.24 bits per heavy atom. The summed E-state index contributed by atoms with van der Waals surface area (Å²) in [6.45, 7) is 1.78. The first-order valence-corrected chi connectivity index (χ1v) is 5.36. The number of nitrogens with zero attached hydrogens (tertiary/aromatic N) is 2. The maximum atomic E-state index is 12.4. The number of halogens is 3. The Kier molecular flexibility index (Phi) is 3.19. The Hall–Kier alpha value is -1.37. The largest absolute Gasteiger partial charge is 0.421 e. The molecule has 0 bridgehead atoms. The fourth-order valence-electron chi connectivity index (χ4n) is 1.90. The van der Waals surface area contributed by atoms with Gasteiger partial charge in [0.1, 0.15) is 17.2 Å². The molecule has 0 aliphatic carbocycles. The molecule has 0 saturated carbocycles. The van der Waals surface area contributed by atoms with Crippen molar-refractivity contribution in [3.8, 4) is 0 Å². The average Bonchev–Trinajstić information content (AvgIpc) is 2.68. The van der Waals surface area contributed by atoms with Gasteiger partial charge in [0.05, 0.1) is 0 Å². The number of aromatic nitrogens is 2. The molecule has 7 heteroatoms. The molecule has 1 fully saturated rings. The van der Waals surface area contributed by atoms with Crippen molar-refractivity contribution in [1.82, 2.24) is 15.3 Å². The Morgan fingerprint density at radius 1 is 1.47 bits per heavy atom. The van der Waals surface area contributed by atoms with Crippen LogP contribution in [-0.2, 0) is 12.6 Å². The third kappa shape index (κ3) is 2.85. The van der Waals surface area contributed by atoms with Crippen LogP contribution >= 0.6 is 0 Å². The van der Waals surface area contributed by atoms with Crippen molar-refractivity contribution in [1.29, 1.82) is 0 Å². The summed E-state index contributed by atoms with van der Waals surface area (Å²) in [5, 5.41) is 3.18. The lowest BCUT2D eigenvalue weighted by molar-refractivity contribution is -0.137. The Bertz CT molecular complexity index is 399. The predicted molar refractivity (Wildman–Crippen MR) is 56.1 cm³/mol. The molecule has 1 atom stereocenters. The number of rotatable bonds is 2. The smallest absolute Gasteiger partial charge is 0.383 e. The molecule has 2 heterocycles. The molecule has 1 aromatic heterocycles. The number of hydrogen-bond donors (Lipinski definition) is 2. The molecule has 0 aromatic carbocycles. The van der Waals surface area contributed by atoms with Gasteiger partial charge in [-0.15, -0.1) is 0 Å². The van der Waals surface area contributed by atoms with E-state index in [1.165, 1.54) is 0 Å². The number of nitrogens with two attached hydrogens (primary N) is 1. The Morgan fingerprint density at radius 3 is 2.76 bits per heavy atom. The topological polar surface area (TPSA) is 63.8 Å². The molecule has 4 nitrogen and oxygen atoms in total. The fraction of sp³-hybridized carbons (Fsp3) is 0.600. The van der Waals surface area contributed by atoms with Gasteiger partial charge in [0.25, 0.3) is 0 Å². The van der Waals surface area contributed by atoms with Gasteiger partial charge >= 0.3 is 6.18 Å². The minimum absolute atomic E-state index is 0.379. The quantitative estimate of drug-likeness (QED) is 0.823. The van der Waals surface area contributed by atoms with Gasteiger partial charge in [0.15, 0.2) is 0 Å². The van der Waals surface area contributed by atoms with Crippen molar-refractivity contribution < 1.29 is 13.2 Å². The van der Waals surface area contributed by atoms with Crippen LogP contribution in [-0.4, -0.2) is 23.1 Å². The molecule has 94 valence electrons. The highest BCUT2D eigenvalue weighted by molar-refractivity contribution is 5.39. The van der Waals surface area contributed by atoms with Crippen LogP contribution in [0.2, 0.25) is 0 Å². The molecular weight excluding hydrogens is 233 g/mol. The molecule has 0 unspecified atom stereocenters. The number of alkyl halides is 3. The van der Waals surface area contributed by atoms with E-state index in [4.69, 9.17) is 5.73 Å². The lowest BCUT2D eigenvalue weighted by Gasteiger charge is -2.11. The normalized spacial score (nSPS) is 20.8. The maximum Gasteiger partial charge on any atom is 0.421 e. The molecule has 1 aliphatic rings. The zero-order valence-electron chi connectivity index (χ0n) is 9.09. The van der Waals surface area contributed by atoms with Crippen LogP contribution in [0.4, 0.5) is 19.0 Å². The fourth-order valence-corrected chi connectivity index (χ4v) is 1.90. The summed E-state index contributed by atoms with van der Waals surface area (Å²) in [5.74, 6) is 0.267. The number of hydrogen-bond acceptors (Lipinski definition) is 4. The van der Waals surface area contributed by atoms with Crippen LogP contribution in [0.25, 0.3) is 0 Å². The standard InChI is InChI=1S/C10H13F3N4/c11-10(12,13)7-5-16-8(17-9(7)14)3-6-1-2-15-4-6/h5-6,15H,1-4H2,(H2,14,16,17)/t6-/m0/s1. The summed E-state index contributed by atoms with van der Waals surface area (Å²) in [7, 11) is 0. The first kappa shape index (κ1) is 12.1. The van der Waals surface area contributed by atoms with E-state index in [9.17, 15) is 13.2 Å². The summed E-state index contributed by atoms with van der Waals surface area (Å²) < 4.78 is 37.2. The monoisotopic (exact) mass is 246 g/mol. The number of anilines is 1. The lowest BCUT2D eigenvalue weighted by Crippen LogP contribution is -2.15. The first-order valence-electron chi connectivity index (χ1n) is 5.36. The summed E-state index contributed by atoms with van der Waals surface area (Å²) in [6.07, 6.45) is -2.17. The molecular formula is C10H13F3N4. The van der Waals surface area contributed by atoms with Gasteiger partial charge in [-0.2, -0.15) is 13.2 Å². The second-order valence-electron chi connectivity index (χ2n) is 4.15. The second-order valence-corrected chi connectivity index (χ2v) is 4.15. The van der Waals surface area contributed by atoms with Crippen LogP contribution in [0.1, 0.15) is 17.8 Å². The third-order valence-corrected chi connectivity index (χ3v) is 2.81. The summed E-state index contributed by atoms with van der Waals surface area (Å²) >= 11 is 0. The molecule has 1 aromatic rings. The van der Waals surface area contributed by atoms with Gasteiger partial charge in [0.2, 0.25) is 0 Å². The van der Waals surface area contributed by atoms with Gasteiger partial charge in [-0.3, -0.25) is 0 Å². The minimum Gasteiger partial charge on any atom is -0.383 e. The van der Waals surface area contributed by atoms with Crippen molar-refractivity contribution in [2.75, 3.05) is 18.8 Å². The molecule has 0 amide bonds. The Labute approximate surface area is 96.4 Å². The van der Waals surface area contributed by atoms with E-state index in [0.717, 1.165) is 25.7 Å². The van der Waals surface area contributed by atoms with Crippen molar-refractivity contribution in [3.05, 3.63) is 17.6 Å².